The van der Waals surface area contributed by atoms with Gasteiger partial charge in [-0.25, -0.2) is 4.98 Å². The summed E-state index contributed by atoms with van der Waals surface area (Å²) >= 11 is 10.2. The van der Waals surface area contributed by atoms with Gasteiger partial charge in [-0.3, -0.25) is 0 Å². The van der Waals surface area contributed by atoms with Crippen molar-refractivity contribution in [2.24, 2.45) is 0 Å². The van der Waals surface area contributed by atoms with Gasteiger partial charge in [0.05, 0.1) is 11.6 Å². The van der Waals surface area contributed by atoms with Crippen LogP contribution < -0.4 is 0 Å². The largest absolute Gasteiger partial charge is 0.229 e. The van der Waals surface area contributed by atoms with Crippen LogP contribution in [-0.2, 0) is 0 Å². The molecule has 0 aliphatic carbocycles. The van der Waals surface area contributed by atoms with Crippen LogP contribution in [0.4, 0.5) is 0 Å². The minimum atomic E-state index is 0.307. The molecule has 0 amide bonds. The second-order valence-electron chi connectivity index (χ2n) is 2.77. The number of hydrogen-bond acceptors (Lipinski definition) is 7. The second-order valence-corrected chi connectivity index (χ2v) is 6.45. The minimum absolute atomic E-state index is 0.307. The second kappa shape index (κ2) is 5.69. The number of halogens is 1. The maximum absolute atomic E-state index is 8.82. The lowest BCUT2D eigenvalue weighted by Gasteiger charge is -1.97. The van der Waals surface area contributed by atoms with Crippen molar-refractivity contribution in [3.05, 3.63) is 22.8 Å². The molecule has 0 aliphatic heterocycles. The molecule has 2 aromatic rings. The Morgan fingerprint density at radius 2 is 2.12 bits per heavy atom. The number of aromatic nitrogens is 3. The van der Waals surface area contributed by atoms with Gasteiger partial charge >= 0.3 is 0 Å². The fourth-order valence-corrected chi connectivity index (χ4v) is 3.67. The molecule has 4 nitrogen and oxygen atoms in total. The van der Waals surface area contributed by atoms with Crippen molar-refractivity contribution in [1.29, 1.82) is 5.26 Å². The predicted molar refractivity (Wildman–Crippen MR) is 69.8 cm³/mol. The molecule has 0 N–H and O–H groups in total. The molecule has 0 unspecified atom stereocenters. The standard InChI is InChI=1S/C9H5ClN4S3/c1-15-8-13-14-9(17-8)16-7-3-5(4-11)2-6(10)12-7/h2-3H,1H3. The van der Waals surface area contributed by atoms with Crippen molar-refractivity contribution in [2.45, 2.75) is 13.7 Å². The fraction of sp³-hybridized carbons (Fsp3) is 0.111. The van der Waals surface area contributed by atoms with Crippen molar-refractivity contribution < 1.29 is 0 Å². The maximum atomic E-state index is 8.82. The Hall–Kier alpha value is -0.810. The lowest BCUT2D eigenvalue weighted by atomic mass is 10.3. The molecule has 2 heterocycles. The zero-order valence-electron chi connectivity index (χ0n) is 8.55. The monoisotopic (exact) mass is 300 g/mol. The molecular weight excluding hydrogens is 296 g/mol. The molecule has 0 bridgehead atoms. The average molecular weight is 301 g/mol. The molecule has 2 aromatic heterocycles. The van der Waals surface area contributed by atoms with Crippen LogP contribution >= 0.6 is 46.5 Å². The van der Waals surface area contributed by atoms with E-state index in [1.54, 1.807) is 17.8 Å². The Labute approximate surface area is 115 Å². The van der Waals surface area contributed by atoms with E-state index in [4.69, 9.17) is 16.9 Å². The summed E-state index contributed by atoms with van der Waals surface area (Å²) in [4.78, 5) is 4.12. The molecule has 17 heavy (non-hydrogen) atoms. The molecule has 0 aliphatic rings. The molecule has 0 aromatic carbocycles. The van der Waals surface area contributed by atoms with E-state index < -0.39 is 0 Å². The molecule has 0 spiro atoms. The zero-order chi connectivity index (χ0) is 12.3. The average Bonchev–Trinajstić information content (AvgIpc) is 2.76. The first-order valence-corrected chi connectivity index (χ1v) is 7.58. The van der Waals surface area contributed by atoms with Crippen LogP contribution in [0.15, 0.2) is 25.8 Å². The third kappa shape index (κ3) is 3.33. The van der Waals surface area contributed by atoms with Crippen LogP contribution in [0.1, 0.15) is 5.56 Å². The number of hydrogen-bond donors (Lipinski definition) is 0. The van der Waals surface area contributed by atoms with Gasteiger partial charge in [-0.2, -0.15) is 5.26 Å². The van der Waals surface area contributed by atoms with Gasteiger partial charge in [0.1, 0.15) is 10.2 Å². The van der Waals surface area contributed by atoms with Gasteiger partial charge in [-0.1, -0.05) is 34.7 Å². The van der Waals surface area contributed by atoms with Crippen molar-refractivity contribution >= 4 is 46.5 Å². The van der Waals surface area contributed by atoms with Crippen LogP contribution in [0.2, 0.25) is 5.15 Å². The fourth-order valence-electron chi connectivity index (χ4n) is 1.00. The highest BCUT2D eigenvalue weighted by Crippen LogP contribution is 2.32. The number of nitriles is 1. The molecule has 0 radical (unpaired) electrons. The van der Waals surface area contributed by atoms with Crippen molar-refractivity contribution in [1.82, 2.24) is 15.2 Å². The van der Waals surface area contributed by atoms with E-state index in [9.17, 15) is 0 Å². The van der Waals surface area contributed by atoms with Gasteiger partial charge in [-0.05, 0) is 30.2 Å². The third-order valence-electron chi connectivity index (χ3n) is 1.65. The summed E-state index contributed by atoms with van der Waals surface area (Å²) in [5.41, 5.74) is 0.488. The predicted octanol–water partition coefficient (Wildman–Crippen LogP) is 3.33. The van der Waals surface area contributed by atoms with E-state index in [0.717, 1.165) is 8.68 Å². The Morgan fingerprint density at radius 1 is 1.35 bits per heavy atom. The van der Waals surface area contributed by atoms with Crippen molar-refractivity contribution in [2.75, 3.05) is 6.26 Å². The quantitative estimate of drug-likeness (QED) is 0.640. The first-order chi connectivity index (χ1) is 8.21. The number of rotatable bonds is 3. The lowest BCUT2D eigenvalue weighted by Crippen LogP contribution is -1.84. The van der Waals surface area contributed by atoms with Gasteiger partial charge in [0.25, 0.3) is 0 Å². The molecule has 0 saturated heterocycles. The minimum Gasteiger partial charge on any atom is -0.229 e. The zero-order valence-corrected chi connectivity index (χ0v) is 11.8. The third-order valence-corrected chi connectivity index (χ3v) is 4.72. The Kier molecular flexibility index (Phi) is 4.23. The van der Waals surface area contributed by atoms with E-state index in [-0.39, 0.29) is 0 Å². The lowest BCUT2D eigenvalue weighted by molar-refractivity contribution is 0.953. The van der Waals surface area contributed by atoms with E-state index in [1.807, 2.05) is 12.3 Å². The van der Waals surface area contributed by atoms with Gasteiger partial charge in [0.15, 0.2) is 8.68 Å². The van der Waals surface area contributed by atoms with Crippen LogP contribution in [0.3, 0.4) is 0 Å². The summed E-state index contributed by atoms with van der Waals surface area (Å²) in [5.74, 6) is 0. The van der Waals surface area contributed by atoms with Gasteiger partial charge in [-0.15, -0.1) is 10.2 Å². The van der Waals surface area contributed by atoms with Crippen molar-refractivity contribution in [3.63, 3.8) is 0 Å². The van der Waals surface area contributed by atoms with Gasteiger partial charge < -0.3 is 0 Å². The molecule has 86 valence electrons. The summed E-state index contributed by atoms with van der Waals surface area (Å²) in [6.07, 6.45) is 1.94. The molecule has 0 atom stereocenters. The van der Waals surface area contributed by atoms with Crippen LogP contribution in [0.5, 0.6) is 0 Å². The normalized spacial score (nSPS) is 10.2. The number of pyridine rings is 1. The first-order valence-electron chi connectivity index (χ1n) is 4.34. The molecule has 0 saturated carbocycles. The summed E-state index contributed by atoms with van der Waals surface area (Å²) in [7, 11) is 0. The highest BCUT2D eigenvalue weighted by Gasteiger charge is 2.08. The molecule has 2 rings (SSSR count). The number of nitrogens with zero attached hydrogens (tertiary/aromatic N) is 4. The van der Waals surface area contributed by atoms with E-state index >= 15 is 0 Å². The molecular formula is C9H5ClN4S3. The summed E-state index contributed by atoms with van der Waals surface area (Å²) in [6.45, 7) is 0. The van der Waals surface area contributed by atoms with Gasteiger partial charge in [0, 0.05) is 0 Å². The van der Waals surface area contributed by atoms with Crippen LogP contribution in [-0.4, -0.2) is 21.4 Å². The summed E-state index contributed by atoms with van der Waals surface area (Å²) in [5, 5.41) is 17.8. The SMILES string of the molecule is CSc1nnc(Sc2cc(C#N)cc(Cl)n2)s1. The van der Waals surface area contributed by atoms with Crippen LogP contribution in [0.25, 0.3) is 0 Å². The van der Waals surface area contributed by atoms with E-state index in [1.165, 1.54) is 29.2 Å². The maximum Gasteiger partial charge on any atom is 0.181 e. The van der Waals surface area contributed by atoms with Crippen molar-refractivity contribution in [3.8, 4) is 6.07 Å². The van der Waals surface area contributed by atoms with Crippen LogP contribution in [0, 0.1) is 11.3 Å². The Balaban J connectivity index is 2.24. The topological polar surface area (TPSA) is 62.5 Å². The molecule has 8 heteroatoms. The first kappa shape index (κ1) is 12.6. The van der Waals surface area contributed by atoms with E-state index in [0.29, 0.717) is 15.7 Å². The smallest absolute Gasteiger partial charge is 0.181 e. The molecule has 0 fully saturated rings. The Bertz CT molecular complexity index is 578. The number of thioether (sulfide) groups is 1. The highest BCUT2D eigenvalue weighted by molar-refractivity contribution is 8.02. The summed E-state index contributed by atoms with van der Waals surface area (Å²) < 4.78 is 1.68. The van der Waals surface area contributed by atoms with E-state index in [2.05, 4.69) is 15.2 Å². The summed E-state index contributed by atoms with van der Waals surface area (Å²) in [6, 6.07) is 5.24. The Morgan fingerprint density at radius 3 is 2.76 bits per heavy atom. The highest BCUT2D eigenvalue weighted by atomic mass is 35.5. The van der Waals surface area contributed by atoms with Gasteiger partial charge in [0.2, 0.25) is 0 Å².